The number of nitrogens with one attached hydrogen (secondary N) is 1. The van der Waals surface area contributed by atoms with Crippen LogP contribution in [0.4, 0.5) is 0 Å². The van der Waals surface area contributed by atoms with Gasteiger partial charge in [-0.05, 0) is 18.3 Å². The van der Waals surface area contributed by atoms with Crippen LogP contribution < -0.4 is 5.32 Å². The molecule has 0 aliphatic rings. The van der Waals surface area contributed by atoms with E-state index in [1.54, 1.807) is 0 Å². The average molecular weight is 250 g/mol. The number of hydrogen-bond donors (Lipinski definition) is 1. The Bertz CT molecular complexity index is 148. The predicted molar refractivity (Wildman–Crippen MR) is 60.0 cm³/mol. The molecule has 0 fully saturated rings. The number of carbonyl (C=O) groups excluding carboxylic acids is 1. The summed E-state index contributed by atoms with van der Waals surface area (Å²) in [5.74, 6) is 1.31. The van der Waals surface area contributed by atoms with E-state index in [-0.39, 0.29) is 5.91 Å². The molecule has 0 aromatic carbocycles. The summed E-state index contributed by atoms with van der Waals surface area (Å²) < 4.78 is 0. The Balaban J connectivity index is 3.40. The molecule has 0 aromatic rings. The second-order valence-corrected chi connectivity index (χ2v) is 4.64. The summed E-state index contributed by atoms with van der Waals surface area (Å²) >= 11 is 3.38. The first-order chi connectivity index (χ1) is 6.06. The van der Waals surface area contributed by atoms with E-state index in [1.165, 1.54) is 0 Å². The highest BCUT2D eigenvalue weighted by Crippen LogP contribution is 2.03. The van der Waals surface area contributed by atoms with Crippen molar-refractivity contribution in [2.24, 2.45) is 11.8 Å². The first-order valence-corrected chi connectivity index (χ1v) is 6.01. The van der Waals surface area contributed by atoms with Gasteiger partial charge < -0.3 is 5.32 Å². The van der Waals surface area contributed by atoms with E-state index in [4.69, 9.17) is 0 Å². The molecule has 3 heteroatoms. The number of amides is 1. The normalized spacial score (nSPS) is 13.0. The van der Waals surface area contributed by atoms with Gasteiger partial charge >= 0.3 is 0 Å². The highest BCUT2D eigenvalue weighted by molar-refractivity contribution is 9.09. The molecule has 1 amide bonds. The van der Waals surface area contributed by atoms with E-state index in [0.717, 1.165) is 18.3 Å². The lowest BCUT2D eigenvalue weighted by molar-refractivity contribution is -0.121. The number of rotatable bonds is 6. The molecule has 78 valence electrons. The first kappa shape index (κ1) is 12.9. The van der Waals surface area contributed by atoms with Gasteiger partial charge in [0.05, 0.1) is 0 Å². The van der Waals surface area contributed by atoms with Crippen LogP contribution in [0.25, 0.3) is 0 Å². The van der Waals surface area contributed by atoms with Gasteiger partial charge in [0, 0.05) is 18.3 Å². The molecular weight excluding hydrogens is 230 g/mol. The molecule has 0 saturated heterocycles. The zero-order valence-corrected chi connectivity index (χ0v) is 10.4. The molecule has 0 bridgehead atoms. The van der Waals surface area contributed by atoms with E-state index < -0.39 is 0 Å². The van der Waals surface area contributed by atoms with Crippen LogP contribution in [-0.4, -0.2) is 17.8 Å². The number of hydrogen-bond acceptors (Lipinski definition) is 1. The smallest absolute Gasteiger partial charge is 0.220 e. The molecule has 0 rings (SSSR count). The Labute approximate surface area is 89.6 Å². The quantitative estimate of drug-likeness (QED) is 0.721. The fourth-order valence-electron chi connectivity index (χ4n) is 0.851. The van der Waals surface area contributed by atoms with Crippen LogP contribution in [0.15, 0.2) is 0 Å². The van der Waals surface area contributed by atoms with Crippen molar-refractivity contribution in [3.63, 3.8) is 0 Å². The van der Waals surface area contributed by atoms with Crippen LogP contribution in [0.1, 0.15) is 33.6 Å². The minimum absolute atomic E-state index is 0.182. The predicted octanol–water partition coefficient (Wildman–Crippen LogP) is 2.57. The summed E-state index contributed by atoms with van der Waals surface area (Å²) in [6.07, 6.45) is 1.64. The maximum absolute atomic E-state index is 11.2. The van der Waals surface area contributed by atoms with E-state index >= 15 is 0 Å². The standard InChI is InChI=1S/C10H20BrNO/c1-8(2)4-5-10(13)12-7-9(3)6-11/h8-9H,4-7H2,1-3H3,(H,12,13). The van der Waals surface area contributed by atoms with Gasteiger partial charge in [-0.25, -0.2) is 0 Å². The maximum atomic E-state index is 11.2. The Morgan fingerprint density at radius 1 is 1.38 bits per heavy atom. The largest absolute Gasteiger partial charge is 0.356 e. The van der Waals surface area contributed by atoms with E-state index in [9.17, 15) is 4.79 Å². The van der Waals surface area contributed by atoms with E-state index in [2.05, 4.69) is 42.0 Å². The van der Waals surface area contributed by atoms with Crippen LogP contribution in [0, 0.1) is 11.8 Å². The van der Waals surface area contributed by atoms with Crippen molar-refractivity contribution in [2.75, 3.05) is 11.9 Å². The van der Waals surface area contributed by atoms with Gasteiger partial charge in [-0.3, -0.25) is 4.79 Å². The fraction of sp³-hybridized carbons (Fsp3) is 0.900. The summed E-state index contributed by atoms with van der Waals surface area (Å²) in [5.41, 5.74) is 0. The van der Waals surface area contributed by atoms with Crippen molar-refractivity contribution in [3.8, 4) is 0 Å². The van der Waals surface area contributed by atoms with Crippen LogP contribution in [0.3, 0.4) is 0 Å². The highest BCUT2D eigenvalue weighted by atomic mass is 79.9. The lowest BCUT2D eigenvalue weighted by Gasteiger charge is -2.10. The summed E-state index contributed by atoms with van der Waals surface area (Å²) in [4.78, 5) is 11.2. The summed E-state index contributed by atoms with van der Waals surface area (Å²) in [6, 6.07) is 0. The van der Waals surface area contributed by atoms with Crippen molar-refractivity contribution >= 4 is 21.8 Å². The SMILES string of the molecule is CC(C)CCC(=O)NCC(C)CBr. The van der Waals surface area contributed by atoms with Gasteiger partial charge in [0.2, 0.25) is 5.91 Å². The molecular formula is C10H20BrNO. The fourth-order valence-corrected chi connectivity index (χ4v) is 1.08. The van der Waals surface area contributed by atoms with Gasteiger partial charge in [0.25, 0.3) is 0 Å². The Hall–Kier alpha value is -0.0500. The van der Waals surface area contributed by atoms with Gasteiger partial charge in [0.15, 0.2) is 0 Å². The molecule has 0 spiro atoms. The minimum Gasteiger partial charge on any atom is -0.356 e. The minimum atomic E-state index is 0.182. The molecule has 0 heterocycles. The molecule has 2 nitrogen and oxygen atoms in total. The monoisotopic (exact) mass is 249 g/mol. The maximum Gasteiger partial charge on any atom is 0.220 e. The van der Waals surface area contributed by atoms with Crippen LogP contribution >= 0.6 is 15.9 Å². The second kappa shape index (κ2) is 7.36. The number of halogens is 1. The molecule has 0 saturated carbocycles. The van der Waals surface area contributed by atoms with Gasteiger partial charge in [0.1, 0.15) is 0 Å². The Morgan fingerprint density at radius 3 is 2.46 bits per heavy atom. The van der Waals surface area contributed by atoms with Gasteiger partial charge in [-0.15, -0.1) is 0 Å². The third kappa shape index (κ3) is 8.28. The molecule has 13 heavy (non-hydrogen) atoms. The van der Waals surface area contributed by atoms with Crippen LogP contribution in [-0.2, 0) is 4.79 Å². The third-order valence-corrected chi connectivity index (χ3v) is 2.97. The summed E-state index contributed by atoms with van der Waals surface area (Å²) in [5, 5.41) is 3.86. The molecule has 1 N–H and O–H groups in total. The van der Waals surface area contributed by atoms with Crippen LogP contribution in [0.2, 0.25) is 0 Å². The third-order valence-electron chi connectivity index (χ3n) is 1.86. The molecule has 0 radical (unpaired) electrons. The first-order valence-electron chi connectivity index (χ1n) is 4.89. The Morgan fingerprint density at radius 2 is 2.00 bits per heavy atom. The average Bonchev–Trinajstić information content (AvgIpc) is 2.10. The van der Waals surface area contributed by atoms with Gasteiger partial charge in [-0.2, -0.15) is 0 Å². The lowest BCUT2D eigenvalue weighted by Crippen LogP contribution is -2.28. The molecule has 0 aliphatic heterocycles. The van der Waals surface area contributed by atoms with Crippen molar-refractivity contribution in [1.29, 1.82) is 0 Å². The van der Waals surface area contributed by atoms with Crippen molar-refractivity contribution in [3.05, 3.63) is 0 Å². The molecule has 0 aliphatic carbocycles. The lowest BCUT2D eigenvalue weighted by atomic mass is 10.1. The number of alkyl halides is 1. The zero-order chi connectivity index (χ0) is 10.3. The summed E-state index contributed by atoms with van der Waals surface area (Å²) in [7, 11) is 0. The molecule has 1 unspecified atom stereocenters. The van der Waals surface area contributed by atoms with Crippen LogP contribution in [0.5, 0.6) is 0 Å². The Kier molecular flexibility index (Phi) is 7.33. The van der Waals surface area contributed by atoms with E-state index in [1.807, 2.05) is 0 Å². The number of carbonyl (C=O) groups is 1. The van der Waals surface area contributed by atoms with Crippen molar-refractivity contribution < 1.29 is 4.79 Å². The highest BCUT2D eigenvalue weighted by Gasteiger charge is 2.04. The summed E-state index contributed by atoms with van der Waals surface area (Å²) in [6.45, 7) is 7.16. The van der Waals surface area contributed by atoms with Gasteiger partial charge in [-0.1, -0.05) is 36.7 Å². The zero-order valence-electron chi connectivity index (χ0n) is 8.77. The topological polar surface area (TPSA) is 29.1 Å². The van der Waals surface area contributed by atoms with Crippen molar-refractivity contribution in [1.82, 2.24) is 5.32 Å². The van der Waals surface area contributed by atoms with E-state index in [0.29, 0.717) is 18.3 Å². The van der Waals surface area contributed by atoms with Crippen molar-refractivity contribution in [2.45, 2.75) is 33.6 Å². The molecule has 1 atom stereocenters. The second-order valence-electron chi connectivity index (χ2n) is 4.00. The molecule has 0 aromatic heterocycles.